The first-order valence-electron chi connectivity index (χ1n) is 9.07. The number of hydrogen-bond acceptors (Lipinski definition) is 5. The number of hydrogen-bond donors (Lipinski definition) is 1. The van der Waals surface area contributed by atoms with Gasteiger partial charge in [0.2, 0.25) is 0 Å². The molecule has 1 aliphatic carbocycles. The van der Waals surface area contributed by atoms with Gasteiger partial charge < -0.3 is 19.2 Å². The third kappa shape index (κ3) is 3.28. The lowest BCUT2D eigenvalue weighted by atomic mass is 9.81. The normalized spacial score (nSPS) is 16.3. The van der Waals surface area contributed by atoms with Crippen LogP contribution in [0.3, 0.4) is 0 Å². The fourth-order valence-electron chi connectivity index (χ4n) is 3.69. The van der Waals surface area contributed by atoms with Crippen LogP contribution in [0, 0.1) is 6.92 Å². The molecule has 1 saturated carbocycles. The number of ether oxygens (including phenoxy) is 2. The molecule has 0 unspecified atom stereocenters. The molecule has 1 amide bonds. The Morgan fingerprint density at radius 3 is 2.62 bits per heavy atom. The van der Waals surface area contributed by atoms with Crippen molar-refractivity contribution in [3.05, 3.63) is 29.5 Å². The molecule has 2 aromatic rings. The SMILES string of the molecule is CCOC(=O)C1(NC(=O)c2c(C)oc3ccc(OC)cc23)CCCCC1. The fourth-order valence-corrected chi connectivity index (χ4v) is 3.69. The van der Waals surface area contributed by atoms with Gasteiger partial charge in [0.25, 0.3) is 5.91 Å². The lowest BCUT2D eigenvalue weighted by Crippen LogP contribution is -2.56. The number of methoxy groups -OCH3 is 1. The second kappa shape index (κ2) is 7.40. The first kappa shape index (κ1) is 18.3. The van der Waals surface area contributed by atoms with Crippen LogP contribution in [0.25, 0.3) is 11.0 Å². The molecule has 0 atom stereocenters. The molecule has 140 valence electrons. The summed E-state index contributed by atoms with van der Waals surface area (Å²) < 4.78 is 16.2. The average molecular weight is 359 g/mol. The Bertz CT molecular complexity index is 817. The maximum atomic E-state index is 13.1. The van der Waals surface area contributed by atoms with Crippen molar-refractivity contribution in [2.24, 2.45) is 0 Å². The van der Waals surface area contributed by atoms with Gasteiger partial charge in [-0.25, -0.2) is 4.79 Å². The van der Waals surface area contributed by atoms with Crippen LogP contribution in [0.4, 0.5) is 0 Å². The van der Waals surface area contributed by atoms with E-state index in [1.807, 2.05) is 0 Å². The number of esters is 1. The van der Waals surface area contributed by atoms with Gasteiger partial charge in [-0.15, -0.1) is 0 Å². The second-order valence-corrected chi connectivity index (χ2v) is 6.71. The molecule has 0 spiro atoms. The van der Waals surface area contributed by atoms with Gasteiger partial charge >= 0.3 is 5.97 Å². The van der Waals surface area contributed by atoms with Crippen molar-refractivity contribution in [3.63, 3.8) is 0 Å². The first-order chi connectivity index (χ1) is 12.5. The van der Waals surface area contributed by atoms with Crippen LogP contribution in [0.2, 0.25) is 0 Å². The molecule has 6 nitrogen and oxygen atoms in total. The van der Waals surface area contributed by atoms with Gasteiger partial charge in [0.15, 0.2) is 0 Å². The minimum atomic E-state index is -0.958. The third-order valence-corrected chi connectivity index (χ3v) is 5.02. The van der Waals surface area contributed by atoms with E-state index in [9.17, 15) is 9.59 Å². The lowest BCUT2D eigenvalue weighted by Gasteiger charge is -2.35. The second-order valence-electron chi connectivity index (χ2n) is 6.71. The van der Waals surface area contributed by atoms with E-state index in [0.717, 1.165) is 19.3 Å². The molecule has 1 aromatic heterocycles. The number of carbonyl (C=O) groups excluding carboxylic acids is 2. The largest absolute Gasteiger partial charge is 0.497 e. The number of aryl methyl sites for hydroxylation is 1. The predicted octanol–water partition coefficient (Wildman–Crippen LogP) is 3.75. The van der Waals surface area contributed by atoms with Crippen LogP contribution in [0.15, 0.2) is 22.6 Å². The number of amides is 1. The molecular weight excluding hydrogens is 334 g/mol. The molecule has 26 heavy (non-hydrogen) atoms. The van der Waals surface area contributed by atoms with Crippen molar-refractivity contribution in [2.75, 3.05) is 13.7 Å². The van der Waals surface area contributed by atoms with Crippen molar-refractivity contribution in [1.82, 2.24) is 5.32 Å². The van der Waals surface area contributed by atoms with Crippen LogP contribution in [0.5, 0.6) is 5.75 Å². The fraction of sp³-hybridized carbons (Fsp3) is 0.500. The van der Waals surface area contributed by atoms with Gasteiger partial charge in [-0.05, 0) is 44.9 Å². The minimum Gasteiger partial charge on any atom is -0.497 e. The van der Waals surface area contributed by atoms with Gasteiger partial charge in [0, 0.05) is 5.39 Å². The van der Waals surface area contributed by atoms with E-state index in [4.69, 9.17) is 13.9 Å². The summed E-state index contributed by atoms with van der Waals surface area (Å²) in [5, 5.41) is 3.65. The van der Waals surface area contributed by atoms with Crippen LogP contribution in [-0.2, 0) is 9.53 Å². The van der Waals surface area contributed by atoms with E-state index in [2.05, 4.69) is 5.32 Å². The monoisotopic (exact) mass is 359 g/mol. The minimum absolute atomic E-state index is 0.293. The van der Waals surface area contributed by atoms with E-state index in [0.29, 0.717) is 47.5 Å². The summed E-state index contributed by atoms with van der Waals surface area (Å²) in [6.07, 6.45) is 4.02. The van der Waals surface area contributed by atoms with Gasteiger partial charge in [-0.1, -0.05) is 19.3 Å². The molecule has 3 rings (SSSR count). The molecule has 0 saturated heterocycles. The van der Waals surface area contributed by atoms with E-state index < -0.39 is 5.54 Å². The third-order valence-electron chi connectivity index (χ3n) is 5.02. The Morgan fingerprint density at radius 2 is 1.96 bits per heavy atom. The van der Waals surface area contributed by atoms with Crippen molar-refractivity contribution < 1.29 is 23.5 Å². The van der Waals surface area contributed by atoms with Gasteiger partial charge in [0.1, 0.15) is 22.6 Å². The van der Waals surface area contributed by atoms with Gasteiger partial charge in [0.05, 0.1) is 19.3 Å². The van der Waals surface area contributed by atoms with Crippen LogP contribution < -0.4 is 10.1 Å². The molecule has 0 aliphatic heterocycles. The van der Waals surface area contributed by atoms with Crippen molar-refractivity contribution in [2.45, 2.75) is 51.5 Å². The van der Waals surface area contributed by atoms with Gasteiger partial charge in [-0.3, -0.25) is 4.79 Å². The zero-order valence-corrected chi connectivity index (χ0v) is 15.5. The van der Waals surface area contributed by atoms with Crippen molar-refractivity contribution >= 4 is 22.8 Å². The highest BCUT2D eigenvalue weighted by molar-refractivity contribution is 6.09. The van der Waals surface area contributed by atoms with Crippen LogP contribution in [-0.4, -0.2) is 31.1 Å². The highest BCUT2D eigenvalue weighted by Gasteiger charge is 2.43. The summed E-state index contributed by atoms with van der Waals surface area (Å²) >= 11 is 0. The summed E-state index contributed by atoms with van der Waals surface area (Å²) in [7, 11) is 1.58. The molecule has 0 bridgehead atoms. The summed E-state index contributed by atoms with van der Waals surface area (Å²) in [5.41, 5.74) is 0.0932. The maximum Gasteiger partial charge on any atom is 0.331 e. The van der Waals surface area contributed by atoms with Crippen LogP contribution in [0.1, 0.15) is 55.1 Å². The highest BCUT2D eigenvalue weighted by Crippen LogP contribution is 2.33. The molecular formula is C20H25NO5. The lowest BCUT2D eigenvalue weighted by molar-refractivity contribution is -0.152. The molecule has 1 aliphatic rings. The number of fused-ring (bicyclic) bond motifs is 1. The van der Waals surface area contributed by atoms with Crippen molar-refractivity contribution in [1.29, 1.82) is 0 Å². The van der Waals surface area contributed by atoms with Crippen LogP contribution >= 0.6 is 0 Å². The smallest absolute Gasteiger partial charge is 0.331 e. The number of benzene rings is 1. The number of carbonyl (C=O) groups is 2. The molecule has 6 heteroatoms. The Balaban J connectivity index is 1.96. The van der Waals surface area contributed by atoms with E-state index in [1.54, 1.807) is 39.2 Å². The topological polar surface area (TPSA) is 77.8 Å². The van der Waals surface area contributed by atoms with E-state index in [1.165, 1.54) is 0 Å². The Kier molecular flexibility index (Phi) is 5.20. The predicted molar refractivity (Wildman–Crippen MR) is 97.4 cm³/mol. The van der Waals surface area contributed by atoms with E-state index in [-0.39, 0.29) is 11.9 Å². The zero-order chi connectivity index (χ0) is 18.7. The Hall–Kier alpha value is -2.50. The summed E-state index contributed by atoms with van der Waals surface area (Å²) in [4.78, 5) is 25.7. The number of nitrogens with one attached hydrogen (secondary N) is 1. The average Bonchev–Trinajstić information content (AvgIpc) is 2.97. The molecule has 1 N–H and O–H groups in total. The molecule has 1 heterocycles. The van der Waals surface area contributed by atoms with Gasteiger partial charge in [-0.2, -0.15) is 0 Å². The quantitative estimate of drug-likeness (QED) is 0.823. The Labute approximate surface area is 152 Å². The summed E-state index contributed by atoms with van der Waals surface area (Å²) in [5.74, 6) is 0.492. The summed E-state index contributed by atoms with van der Waals surface area (Å²) in [6.45, 7) is 3.82. The number of furan rings is 1. The van der Waals surface area contributed by atoms with Crippen molar-refractivity contribution in [3.8, 4) is 5.75 Å². The molecule has 0 radical (unpaired) electrons. The number of rotatable bonds is 5. The first-order valence-corrected chi connectivity index (χ1v) is 9.07. The van der Waals surface area contributed by atoms with E-state index >= 15 is 0 Å². The molecule has 1 aromatic carbocycles. The molecule has 1 fully saturated rings. The summed E-state index contributed by atoms with van der Waals surface area (Å²) in [6, 6.07) is 5.34. The standard InChI is InChI=1S/C20H25NO5/c1-4-25-19(23)20(10-6-5-7-11-20)21-18(22)17-13(2)26-16-9-8-14(24-3)12-15(16)17/h8-9,12H,4-7,10-11H2,1-3H3,(H,21,22). The maximum absolute atomic E-state index is 13.1. The Morgan fingerprint density at radius 1 is 1.23 bits per heavy atom. The highest BCUT2D eigenvalue weighted by atomic mass is 16.5. The zero-order valence-electron chi connectivity index (χ0n) is 15.5.